The Balaban J connectivity index is 2.18. The third-order valence-corrected chi connectivity index (χ3v) is 5.25. The number of ketones is 1. The lowest BCUT2D eigenvalue weighted by atomic mass is 10.0. The molecule has 0 saturated carbocycles. The Morgan fingerprint density at radius 2 is 1.97 bits per heavy atom. The highest BCUT2D eigenvalue weighted by Crippen LogP contribution is 2.24. The van der Waals surface area contributed by atoms with E-state index in [0.29, 0.717) is 16.5 Å². The first-order chi connectivity index (χ1) is 13.5. The van der Waals surface area contributed by atoms with Crippen LogP contribution in [0.15, 0.2) is 28.3 Å². The van der Waals surface area contributed by atoms with E-state index in [-0.39, 0.29) is 10.8 Å². The SMILES string of the molecule is Cc1cc(C)c2nc(C(C#N)C(=O)c3nc(S(C)(=O)=O)ncc3Cl)[nH]c(=O)c2c1. The van der Waals surface area contributed by atoms with E-state index in [0.717, 1.165) is 18.0 Å². The number of nitrogens with zero attached hydrogens (tertiary/aromatic N) is 4. The number of carbonyl (C=O) groups is 1. The smallest absolute Gasteiger partial charge is 0.258 e. The summed E-state index contributed by atoms with van der Waals surface area (Å²) in [7, 11) is -3.81. The fourth-order valence-electron chi connectivity index (χ4n) is 2.83. The van der Waals surface area contributed by atoms with Gasteiger partial charge in [0.05, 0.1) is 28.2 Å². The normalized spacial score (nSPS) is 12.5. The Labute approximate surface area is 170 Å². The van der Waals surface area contributed by atoms with E-state index in [4.69, 9.17) is 11.6 Å². The van der Waals surface area contributed by atoms with Gasteiger partial charge in [-0.15, -0.1) is 0 Å². The highest BCUT2D eigenvalue weighted by Gasteiger charge is 2.29. The lowest BCUT2D eigenvalue weighted by Gasteiger charge is -2.11. The summed E-state index contributed by atoms with van der Waals surface area (Å²) in [4.78, 5) is 39.4. The van der Waals surface area contributed by atoms with Gasteiger partial charge in [0.25, 0.3) is 5.56 Å². The third-order valence-electron chi connectivity index (χ3n) is 4.12. The number of hydrogen-bond acceptors (Lipinski definition) is 8. The Bertz CT molecular complexity index is 1380. The van der Waals surface area contributed by atoms with Gasteiger partial charge in [-0.05, 0) is 31.0 Å². The number of rotatable bonds is 4. The van der Waals surface area contributed by atoms with Crippen LogP contribution in [0.4, 0.5) is 0 Å². The van der Waals surface area contributed by atoms with Crippen molar-refractivity contribution in [2.45, 2.75) is 24.9 Å². The molecule has 0 aliphatic carbocycles. The second kappa shape index (κ2) is 7.35. The number of halogens is 1. The van der Waals surface area contributed by atoms with E-state index in [2.05, 4.69) is 19.9 Å². The van der Waals surface area contributed by atoms with Gasteiger partial charge >= 0.3 is 0 Å². The van der Waals surface area contributed by atoms with Crippen LogP contribution >= 0.6 is 11.6 Å². The van der Waals surface area contributed by atoms with Crippen molar-refractivity contribution in [3.8, 4) is 6.07 Å². The van der Waals surface area contributed by atoms with Crippen molar-refractivity contribution in [2.75, 3.05) is 6.26 Å². The van der Waals surface area contributed by atoms with E-state index in [9.17, 15) is 23.3 Å². The summed E-state index contributed by atoms with van der Waals surface area (Å²) in [5.41, 5.74) is 0.973. The number of carbonyl (C=O) groups excluding carboxylic acids is 1. The molecule has 0 saturated heterocycles. The molecule has 0 bridgehead atoms. The van der Waals surface area contributed by atoms with Crippen molar-refractivity contribution >= 4 is 38.1 Å². The van der Waals surface area contributed by atoms with Crippen molar-refractivity contribution in [1.82, 2.24) is 19.9 Å². The first-order valence-electron chi connectivity index (χ1n) is 8.20. The van der Waals surface area contributed by atoms with Gasteiger partial charge in [-0.2, -0.15) is 5.26 Å². The molecule has 0 spiro atoms. The van der Waals surface area contributed by atoms with Gasteiger partial charge in [0, 0.05) is 6.26 Å². The molecule has 0 fully saturated rings. The zero-order valence-corrected chi connectivity index (χ0v) is 17.1. The summed E-state index contributed by atoms with van der Waals surface area (Å²) in [5, 5.41) is 9.07. The molecule has 11 heteroatoms. The number of sulfone groups is 1. The van der Waals surface area contributed by atoms with Crippen molar-refractivity contribution in [3.05, 3.63) is 56.4 Å². The molecule has 0 aliphatic rings. The Morgan fingerprint density at radius 1 is 1.28 bits per heavy atom. The topological polar surface area (TPSA) is 147 Å². The number of aromatic amines is 1. The second-order valence-electron chi connectivity index (χ2n) is 6.48. The minimum Gasteiger partial charge on any atom is -0.308 e. The van der Waals surface area contributed by atoms with Crippen LogP contribution in [0.25, 0.3) is 10.9 Å². The molecule has 29 heavy (non-hydrogen) atoms. The average Bonchev–Trinajstić information content (AvgIpc) is 2.62. The minimum absolute atomic E-state index is 0.183. The maximum atomic E-state index is 12.9. The molecule has 1 unspecified atom stereocenters. The molecule has 148 valence electrons. The number of fused-ring (bicyclic) bond motifs is 1. The standard InChI is InChI=1S/C18H14ClN5O4S/c1-8-4-9(2)13-10(5-8)17(26)24-16(22-13)11(6-20)15(25)14-12(19)7-21-18(23-14)29(3,27)28/h4-5,7,11H,1-3H3,(H,22,24,26). The number of aromatic nitrogens is 4. The molecule has 1 aromatic carbocycles. The van der Waals surface area contributed by atoms with E-state index in [1.54, 1.807) is 19.1 Å². The lowest BCUT2D eigenvalue weighted by molar-refractivity contribution is 0.0970. The molecule has 0 amide bonds. The first-order valence-corrected chi connectivity index (χ1v) is 10.5. The van der Waals surface area contributed by atoms with Crippen LogP contribution in [0.1, 0.15) is 33.4 Å². The number of Topliss-reactive ketones (excluding diaryl/α,β-unsaturated/α-hetero) is 1. The molecule has 1 N–H and O–H groups in total. The molecule has 9 nitrogen and oxygen atoms in total. The van der Waals surface area contributed by atoms with Crippen LogP contribution in [0.3, 0.4) is 0 Å². The van der Waals surface area contributed by atoms with Gasteiger partial charge in [-0.25, -0.2) is 23.4 Å². The molecule has 1 atom stereocenters. The highest BCUT2D eigenvalue weighted by molar-refractivity contribution is 7.90. The van der Waals surface area contributed by atoms with E-state index < -0.39 is 37.9 Å². The summed E-state index contributed by atoms with van der Waals surface area (Å²) >= 11 is 5.96. The summed E-state index contributed by atoms with van der Waals surface area (Å²) in [6.07, 6.45) is 1.84. The number of hydrogen-bond donors (Lipinski definition) is 1. The zero-order valence-electron chi connectivity index (χ0n) is 15.5. The number of nitrogens with one attached hydrogen (secondary N) is 1. The van der Waals surface area contributed by atoms with Gasteiger partial charge in [0.15, 0.2) is 5.92 Å². The van der Waals surface area contributed by atoms with Gasteiger partial charge in [-0.1, -0.05) is 17.7 Å². The zero-order chi connectivity index (χ0) is 21.5. The first kappa shape index (κ1) is 20.6. The third kappa shape index (κ3) is 3.87. The number of aryl methyl sites for hydroxylation is 2. The van der Waals surface area contributed by atoms with Crippen LogP contribution in [0.5, 0.6) is 0 Å². The molecule has 0 radical (unpaired) electrons. The van der Waals surface area contributed by atoms with Crippen molar-refractivity contribution in [3.63, 3.8) is 0 Å². The van der Waals surface area contributed by atoms with Crippen LogP contribution in [-0.4, -0.2) is 40.4 Å². The fraction of sp³-hybridized carbons (Fsp3) is 0.222. The molecule has 3 rings (SSSR count). The summed E-state index contributed by atoms with van der Waals surface area (Å²) in [6, 6.07) is 5.25. The highest BCUT2D eigenvalue weighted by atomic mass is 35.5. The molecule has 2 heterocycles. The maximum absolute atomic E-state index is 12.9. The average molecular weight is 432 g/mol. The fourth-order valence-corrected chi connectivity index (χ4v) is 3.52. The number of benzene rings is 1. The number of nitriles is 1. The maximum Gasteiger partial charge on any atom is 0.258 e. The predicted octanol–water partition coefficient (Wildman–Crippen LogP) is 1.88. The van der Waals surface area contributed by atoms with E-state index in [1.807, 2.05) is 13.0 Å². The quantitative estimate of drug-likeness (QED) is 0.486. The second-order valence-corrected chi connectivity index (χ2v) is 8.79. The summed E-state index contributed by atoms with van der Waals surface area (Å²) < 4.78 is 23.4. The Hall–Kier alpha value is -3.16. The number of H-pyrrole nitrogens is 1. The minimum atomic E-state index is -3.81. The van der Waals surface area contributed by atoms with Crippen LogP contribution in [0, 0.1) is 25.2 Å². The summed E-state index contributed by atoms with van der Waals surface area (Å²) in [6.45, 7) is 3.59. The molecule has 3 aromatic rings. The predicted molar refractivity (Wildman–Crippen MR) is 105 cm³/mol. The van der Waals surface area contributed by atoms with Gasteiger partial charge in [0.1, 0.15) is 11.5 Å². The summed E-state index contributed by atoms with van der Waals surface area (Å²) in [5.74, 6) is -2.64. The van der Waals surface area contributed by atoms with Crippen molar-refractivity contribution in [2.24, 2.45) is 0 Å². The van der Waals surface area contributed by atoms with Crippen LogP contribution in [-0.2, 0) is 9.84 Å². The molecule has 0 aliphatic heterocycles. The van der Waals surface area contributed by atoms with Crippen molar-refractivity contribution < 1.29 is 13.2 Å². The molecular formula is C18H14ClN5O4S. The van der Waals surface area contributed by atoms with Crippen LogP contribution in [0.2, 0.25) is 5.02 Å². The van der Waals surface area contributed by atoms with E-state index in [1.165, 1.54) is 0 Å². The van der Waals surface area contributed by atoms with Gasteiger partial charge in [0.2, 0.25) is 20.8 Å². The van der Waals surface area contributed by atoms with Crippen LogP contribution < -0.4 is 5.56 Å². The Kier molecular flexibility index (Phi) is 5.21. The van der Waals surface area contributed by atoms with Gasteiger partial charge in [-0.3, -0.25) is 9.59 Å². The lowest BCUT2D eigenvalue weighted by Crippen LogP contribution is -2.22. The monoisotopic (exact) mass is 431 g/mol. The largest absolute Gasteiger partial charge is 0.308 e. The Morgan fingerprint density at radius 3 is 2.59 bits per heavy atom. The van der Waals surface area contributed by atoms with Gasteiger partial charge < -0.3 is 4.98 Å². The molecular weight excluding hydrogens is 418 g/mol. The molecule has 2 aromatic heterocycles. The van der Waals surface area contributed by atoms with E-state index >= 15 is 0 Å². The van der Waals surface area contributed by atoms with Crippen molar-refractivity contribution in [1.29, 1.82) is 5.26 Å².